The Morgan fingerprint density at radius 2 is 1.70 bits per heavy atom. The van der Waals surface area contributed by atoms with E-state index in [0.717, 1.165) is 11.1 Å². The fourth-order valence-corrected chi connectivity index (χ4v) is 4.20. The van der Waals surface area contributed by atoms with Crippen molar-refractivity contribution in [1.29, 1.82) is 0 Å². The van der Waals surface area contributed by atoms with Gasteiger partial charge in [-0.25, -0.2) is 4.90 Å². The molecule has 6 heteroatoms. The summed E-state index contributed by atoms with van der Waals surface area (Å²) in [5.74, 6) is -0.231. The van der Waals surface area contributed by atoms with E-state index in [2.05, 4.69) is 5.32 Å². The fraction of sp³-hybridized carbons (Fsp3) is 0.185. The summed E-state index contributed by atoms with van der Waals surface area (Å²) in [4.78, 5) is 28.7. The summed E-state index contributed by atoms with van der Waals surface area (Å²) >= 11 is 6.31. The van der Waals surface area contributed by atoms with Crippen LogP contribution in [0.25, 0.3) is 5.57 Å². The number of hydrogen-bond donors (Lipinski definition) is 1. The Balaban J connectivity index is 1.89. The van der Waals surface area contributed by atoms with Crippen molar-refractivity contribution in [3.05, 3.63) is 93.6 Å². The van der Waals surface area contributed by atoms with Crippen molar-refractivity contribution >= 4 is 40.4 Å². The molecule has 0 saturated heterocycles. The minimum atomic E-state index is -0.438. The first-order valence-electron chi connectivity index (χ1n) is 10.8. The van der Waals surface area contributed by atoms with Gasteiger partial charge in [0.15, 0.2) is 0 Å². The average Bonchev–Trinajstić information content (AvgIpc) is 3.01. The molecule has 2 amide bonds. The number of aryl methyl sites for hydroxylation is 2. The first kappa shape index (κ1) is 22.6. The van der Waals surface area contributed by atoms with Crippen molar-refractivity contribution in [2.75, 3.05) is 16.8 Å². The highest BCUT2D eigenvalue weighted by Crippen LogP contribution is 2.38. The number of nitrogens with zero attached hydrogens (tertiary/aromatic N) is 1. The number of carbonyl (C=O) groups excluding carboxylic acids is 2. The molecule has 3 aromatic rings. The van der Waals surface area contributed by atoms with Crippen LogP contribution in [0.5, 0.6) is 5.75 Å². The van der Waals surface area contributed by atoms with E-state index in [-0.39, 0.29) is 5.70 Å². The Bertz CT molecular complexity index is 1300. The molecule has 0 fully saturated rings. The zero-order valence-corrected chi connectivity index (χ0v) is 19.8. The summed E-state index contributed by atoms with van der Waals surface area (Å²) in [7, 11) is 0. The van der Waals surface area contributed by atoms with Crippen LogP contribution in [0.2, 0.25) is 5.02 Å². The minimum absolute atomic E-state index is 0.207. The van der Waals surface area contributed by atoms with E-state index in [1.54, 1.807) is 25.1 Å². The number of carbonyl (C=O) groups is 2. The summed E-state index contributed by atoms with van der Waals surface area (Å²) in [6.07, 6.45) is 0. The van der Waals surface area contributed by atoms with Crippen LogP contribution in [-0.2, 0) is 9.59 Å². The van der Waals surface area contributed by atoms with Crippen LogP contribution in [0, 0.1) is 20.8 Å². The van der Waals surface area contributed by atoms with E-state index < -0.39 is 11.8 Å². The van der Waals surface area contributed by atoms with E-state index in [4.69, 9.17) is 16.3 Å². The van der Waals surface area contributed by atoms with Crippen LogP contribution in [-0.4, -0.2) is 18.4 Å². The maximum atomic E-state index is 13.8. The molecule has 0 spiro atoms. The zero-order chi connectivity index (χ0) is 23.7. The summed E-state index contributed by atoms with van der Waals surface area (Å²) in [6.45, 7) is 8.09. The van der Waals surface area contributed by atoms with Crippen molar-refractivity contribution in [2.45, 2.75) is 27.7 Å². The lowest BCUT2D eigenvalue weighted by Crippen LogP contribution is -2.33. The molecule has 33 heavy (non-hydrogen) atoms. The Morgan fingerprint density at radius 3 is 2.42 bits per heavy atom. The third-order valence-corrected chi connectivity index (χ3v) is 6.07. The number of imide groups is 1. The van der Waals surface area contributed by atoms with Crippen molar-refractivity contribution in [1.82, 2.24) is 0 Å². The molecule has 0 unspecified atom stereocenters. The van der Waals surface area contributed by atoms with Gasteiger partial charge in [0.2, 0.25) is 0 Å². The minimum Gasteiger partial charge on any atom is -0.492 e. The lowest BCUT2D eigenvalue weighted by Gasteiger charge is -2.19. The first-order chi connectivity index (χ1) is 15.8. The van der Waals surface area contributed by atoms with Gasteiger partial charge in [0.25, 0.3) is 11.8 Å². The third kappa shape index (κ3) is 4.12. The molecule has 0 aliphatic carbocycles. The van der Waals surface area contributed by atoms with Gasteiger partial charge >= 0.3 is 0 Å². The maximum absolute atomic E-state index is 13.8. The predicted octanol–water partition coefficient (Wildman–Crippen LogP) is 6.06. The second-order valence-corrected chi connectivity index (χ2v) is 8.36. The highest BCUT2D eigenvalue weighted by molar-refractivity contribution is 6.46. The highest BCUT2D eigenvalue weighted by Gasteiger charge is 2.41. The van der Waals surface area contributed by atoms with Gasteiger partial charge in [-0.15, -0.1) is 0 Å². The number of benzene rings is 3. The Hall–Kier alpha value is -3.57. The van der Waals surface area contributed by atoms with Gasteiger partial charge in [-0.3, -0.25) is 9.59 Å². The largest absolute Gasteiger partial charge is 0.492 e. The summed E-state index contributed by atoms with van der Waals surface area (Å²) < 4.78 is 5.72. The molecular weight excluding hydrogens is 436 g/mol. The molecular formula is C27H25ClN2O3. The monoisotopic (exact) mass is 460 g/mol. The molecule has 3 aromatic carbocycles. The van der Waals surface area contributed by atoms with Crippen molar-refractivity contribution in [2.24, 2.45) is 0 Å². The van der Waals surface area contributed by atoms with Crippen molar-refractivity contribution < 1.29 is 14.3 Å². The smallest absolute Gasteiger partial charge is 0.282 e. The van der Waals surface area contributed by atoms with Crippen LogP contribution in [0.1, 0.15) is 29.2 Å². The van der Waals surface area contributed by atoms with Gasteiger partial charge < -0.3 is 10.1 Å². The summed E-state index contributed by atoms with van der Waals surface area (Å²) in [5, 5.41) is 3.70. The third-order valence-electron chi connectivity index (χ3n) is 5.66. The Labute approximate surface area is 198 Å². The quantitative estimate of drug-likeness (QED) is 0.454. The normalized spacial score (nSPS) is 13.7. The molecule has 0 bridgehead atoms. The van der Waals surface area contributed by atoms with Crippen LogP contribution < -0.4 is 15.0 Å². The second-order valence-electron chi connectivity index (χ2n) is 7.95. The number of ether oxygens (including phenoxy) is 1. The molecule has 0 saturated carbocycles. The number of anilines is 2. The lowest BCUT2D eigenvalue weighted by atomic mass is 9.97. The van der Waals surface area contributed by atoms with E-state index in [1.165, 1.54) is 4.90 Å². The zero-order valence-electron chi connectivity index (χ0n) is 19.0. The van der Waals surface area contributed by atoms with Crippen LogP contribution in [0.3, 0.4) is 0 Å². The summed E-state index contributed by atoms with van der Waals surface area (Å²) in [5.41, 5.74) is 4.97. The van der Waals surface area contributed by atoms with Crippen LogP contribution in [0.4, 0.5) is 11.4 Å². The van der Waals surface area contributed by atoms with Crippen LogP contribution in [0.15, 0.2) is 66.4 Å². The van der Waals surface area contributed by atoms with E-state index in [9.17, 15) is 9.59 Å². The van der Waals surface area contributed by atoms with Gasteiger partial charge in [0.05, 0.1) is 23.6 Å². The van der Waals surface area contributed by atoms with E-state index >= 15 is 0 Å². The molecule has 0 atom stereocenters. The molecule has 4 rings (SSSR count). The van der Waals surface area contributed by atoms with E-state index in [0.29, 0.717) is 45.5 Å². The number of amides is 2. The molecule has 1 aliphatic rings. The number of nitrogens with one attached hydrogen (secondary N) is 1. The molecule has 1 heterocycles. The van der Waals surface area contributed by atoms with Gasteiger partial charge in [-0.05, 0) is 68.7 Å². The average molecular weight is 461 g/mol. The fourth-order valence-electron chi connectivity index (χ4n) is 4.03. The Kier molecular flexibility index (Phi) is 6.25. The molecule has 1 aliphatic heterocycles. The van der Waals surface area contributed by atoms with E-state index in [1.807, 2.05) is 63.2 Å². The Morgan fingerprint density at radius 1 is 0.939 bits per heavy atom. The standard InChI is InChI=1S/C27H25ClN2O3/c1-5-33-23-12-7-6-10-21(23)29-25-24(19-14-13-16(2)15-17(19)3)26(31)30(27(25)32)22-11-8-9-20(28)18(22)4/h6-15,29H,5H2,1-4H3. The predicted molar refractivity (Wildman–Crippen MR) is 133 cm³/mol. The first-order valence-corrected chi connectivity index (χ1v) is 11.2. The van der Waals surface area contributed by atoms with Gasteiger partial charge in [0.1, 0.15) is 11.4 Å². The van der Waals surface area contributed by atoms with Crippen LogP contribution >= 0.6 is 11.6 Å². The second kappa shape index (κ2) is 9.12. The number of hydrogen-bond acceptors (Lipinski definition) is 4. The van der Waals surface area contributed by atoms with Crippen molar-refractivity contribution in [3.63, 3.8) is 0 Å². The topological polar surface area (TPSA) is 58.6 Å². The number of rotatable bonds is 6. The molecule has 5 nitrogen and oxygen atoms in total. The lowest BCUT2D eigenvalue weighted by molar-refractivity contribution is -0.120. The summed E-state index contributed by atoms with van der Waals surface area (Å²) in [6, 6.07) is 18.4. The highest BCUT2D eigenvalue weighted by atomic mass is 35.5. The van der Waals surface area contributed by atoms with Gasteiger partial charge in [0, 0.05) is 5.02 Å². The molecule has 1 N–H and O–H groups in total. The SMILES string of the molecule is CCOc1ccccc1NC1=C(c2ccc(C)cc2C)C(=O)N(c2cccc(Cl)c2C)C1=O. The molecule has 0 radical (unpaired) electrons. The molecule has 168 valence electrons. The number of para-hydroxylation sites is 2. The molecule has 0 aromatic heterocycles. The number of halogens is 1. The van der Waals surface area contributed by atoms with Gasteiger partial charge in [-0.1, -0.05) is 53.6 Å². The van der Waals surface area contributed by atoms with Crippen molar-refractivity contribution in [3.8, 4) is 5.75 Å². The van der Waals surface area contributed by atoms with Gasteiger partial charge in [-0.2, -0.15) is 0 Å². The maximum Gasteiger partial charge on any atom is 0.282 e.